The molecule has 1 saturated heterocycles. The van der Waals surface area contributed by atoms with Gasteiger partial charge in [0.05, 0.1) is 13.0 Å². The summed E-state index contributed by atoms with van der Waals surface area (Å²) in [4.78, 5) is 11.9. The van der Waals surface area contributed by atoms with E-state index < -0.39 is 0 Å². The van der Waals surface area contributed by atoms with Gasteiger partial charge in [0.15, 0.2) is 0 Å². The summed E-state index contributed by atoms with van der Waals surface area (Å²) < 4.78 is 5.63. The smallest absolute Gasteiger partial charge is 0.224 e. The Morgan fingerprint density at radius 3 is 2.75 bits per heavy atom. The van der Waals surface area contributed by atoms with E-state index in [0.29, 0.717) is 18.9 Å². The summed E-state index contributed by atoms with van der Waals surface area (Å²) in [7, 11) is 0. The lowest BCUT2D eigenvalue weighted by molar-refractivity contribution is -0.121. The highest BCUT2D eigenvalue weighted by molar-refractivity contribution is 5.78. The molecule has 0 aliphatic carbocycles. The van der Waals surface area contributed by atoms with Crippen molar-refractivity contribution < 1.29 is 9.53 Å². The number of benzene rings is 1. The summed E-state index contributed by atoms with van der Waals surface area (Å²) in [5, 5.41) is 6.29. The minimum Gasteiger partial charge on any atom is -0.493 e. The van der Waals surface area contributed by atoms with E-state index in [2.05, 4.69) is 24.5 Å². The van der Waals surface area contributed by atoms with Crippen LogP contribution in [0.15, 0.2) is 24.3 Å². The Bertz CT molecular complexity index is 423. The van der Waals surface area contributed by atoms with E-state index in [1.54, 1.807) is 0 Å². The van der Waals surface area contributed by atoms with Crippen molar-refractivity contribution in [3.8, 4) is 5.75 Å². The number of amides is 1. The van der Waals surface area contributed by atoms with E-state index in [9.17, 15) is 4.79 Å². The van der Waals surface area contributed by atoms with Crippen molar-refractivity contribution in [2.24, 2.45) is 5.92 Å². The predicted molar refractivity (Wildman–Crippen MR) is 79.9 cm³/mol. The van der Waals surface area contributed by atoms with Crippen molar-refractivity contribution in [3.05, 3.63) is 29.8 Å². The van der Waals surface area contributed by atoms with E-state index in [1.165, 1.54) is 0 Å². The molecule has 1 fully saturated rings. The Balaban J connectivity index is 1.78. The molecule has 1 heterocycles. The molecule has 0 radical (unpaired) electrons. The van der Waals surface area contributed by atoms with Crippen molar-refractivity contribution in [2.45, 2.75) is 32.7 Å². The molecule has 1 aromatic rings. The molecular formula is C16H24N2O2. The lowest BCUT2D eigenvalue weighted by Gasteiger charge is -2.12. The van der Waals surface area contributed by atoms with Crippen molar-refractivity contribution in [1.82, 2.24) is 10.6 Å². The van der Waals surface area contributed by atoms with Crippen LogP contribution in [0, 0.1) is 5.92 Å². The second-order valence-corrected chi connectivity index (χ2v) is 5.78. The number of ether oxygens (including phenoxy) is 1. The Morgan fingerprint density at radius 1 is 1.40 bits per heavy atom. The zero-order valence-corrected chi connectivity index (χ0v) is 12.3. The van der Waals surface area contributed by atoms with E-state index in [-0.39, 0.29) is 11.9 Å². The van der Waals surface area contributed by atoms with Gasteiger partial charge in [0.25, 0.3) is 0 Å². The first kappa shape index (κ1) is 14.9. The standard InChI is InChI=1S/C16H24N2O2/c1-12(2)11-20-15-5-3-13(4-6-15)9-16(19)18-14-7-8-17-10-14/h3-6,12,14,17H,7-11H2,1-2H3,(H,18,19). The topological polar surface area (TPSA) is 50.4 Å². The van der Waals surface area contributed by atoms with E-state index in [1.807, 2.05) is 24.3 Å². The monoisotopic (exact) mass is 276 g/mol. The summed E-state index contributed by atoms with van der Waals surface area (Å²) in [6.07, 6.45) is 1.45. The normalized spacial score (nSPS) is 18.2. The number of nitrogens with one attached hydrogen (secondary N) is 2. The number of hydrogen-bond donors (Lipinski definition) is 2. The maximum absolute atomic E-state index is 11.9. The summed E-state index contributed by atoms with van der Waals surface area (Å²) in [5.74, 6) is 1.47. The third kappa shape index (κ3) is 4.85. The van der Waals surface area contributed by atoms with Gasteiger partial charge in [0.2, 0.25) is 5.91 Å². The highest BCUT2D eigenvalue weighted by Gasteiger charge is 2.16. The van der Waals surface area contributed by atoms with Crippen LogP contribution in [0.4, 0.5) is 0 Å². The van der Waals surface area contributed by atoms with Crippen LogP contribution in [0.5, 0.6) is 5.75 Å². The highest BCUT2D eigenvalue weighted by atomic mass is 16.5. The molecule has 4 nitrogen and oxygen atoms in total. The Morgan fingerprint density at radius 2 is 2.15 bits per heavy atom. The maximum Gasteiger partial charge on any atom is 0.224 e. The van der Waals surface area contributed by atoms with Gasteiger partial charge in [-0.2, -0.15) is 0 Å². The second kappa shape index (κ2) is 7.29. The van der Waals surface area contributed by atoms with E-state index in [4.69, 9.17) is 4.74 Å². The number of hydrogen-bond acceptors (Lipinski definition) is 3. The number of carbonyl (C=O) groups is 1. The van der Waals surface area contributed by atoms with Gasteiger partial charge in [-0.1, -0.05) is 26.0 Å². The van der Waals surface area contributed by atoms with Crippen LogP contribution in [0.2, 0.25) is 0 Å². The number of rotatable bonds is 6. The molecule has 1 unspecified atom stereocenters. The lowest BCUT2D eigenvalue weighted by Crippen LogP contribution is -2.37. The molecule has 110 valence electrons. The summed E-state index contributed by atoms with van der Waals surface area (Å²) >= 11 is 0. The van der Waals surface area contributed by atoms with Crippen LogP contribution in [-0.4, -0.2) is 31.6 Å². The third-order valence-corrected chi connectivity index (χ3v) is 3.30. The molecule has 1 amide bonds. The molecule has 0 bridgehead atoms. The van der Waals surface area contributed by atoms with Crippen LogP contribution in [0.25, 0.3) is 0 Å². The van der Waals surface area contributed by atoms with Crippen LogP contribution < -0.4 is 15.4 Å². The molecule has 2 rings (SSSR count). The fraction of sp³-hybridized carbons (Fsp3) is 0.562. The molecule has 4 heteroatoms. The van der Waals surface area contributed by atoms with E-state index >= 15 is 0 Å². The van der Waals surface area contributed by atoms with Crippen LogP contribution >= 0.6 is 0 Å². The second-order valence-electron chi connectivity index (χ2n) is 5.78. The molecule has 1 aliphatic rings. The Kier molecular flexibility index (Phi) is 5.41. The van der Waals surface area contributed by atoms with Gasteiger partial charge in [0.1, 0.15) is 5.75 Å². The fourth-order valence-electron chi connectivity index (χ4n) is 2.21. The molecule has 1 aliphatic heterocycles. The van der Waals surface area contributed by atoms with Crippen molar-refractivity contribution in [3.63, 3.8) is 0 Å². The first-order valence-electron chi connectivity index (χ1n) is 7.35. The minimum absolute atomic E-state index is 0.0922. The van der Waals surface area contributed by atoms with Crippen LogP contribution in [-0.2, 0) is 11.2 Å². The summed E-state index contributed by atoms with van der Waals surface area (Å²) in [6.45, 7) is 6.84. The zero-order chi connectivity index (χ0) is 14.4. The Hall–Kier alpha value is -1.55. The van der Waals surface area contributed by atoms with Crippen LogP contribution in [0.3, 0.4) is 0 Å². The molecule has 0 aromatic heterocycles. The van der Waals surface area contributed by atoms with Gasteiger partial charge in [-0.15, -0.1) is 0 Å². The summed E-state index contributed by atoms with van der Waals surface area (Å²) in [6, 6.07) is 8.07. The predicted octanol–water partition coefficient (Wildman–Crippen LogP) is 1.74. The summed E-state index contributed by atoms with van der Waals surface area (Å²) in [5.41, 5.74) is 1.02. The largest absolute Gasteiger partial charge is 0.493 e. The quantitative estimate of drug-likeness (QED) is 0.832. The van der Waals surface area contributed by atoms with Gasteiger partial charge >= 0.3 is 0 Å². The molecule has 0 spiro atoms. The fourth-order valence-corrected chi connectivity index (χ4v) is 2.21. The third-order valence-electron chi connectivity index (χ3n) is 3.30. The Labute approximate surface area is 120 Å². The van der Waals surface area contributed by atoms with Gasteiger partial charge in [-0.25, -0.2) is 0 Å². The van der Waals surface area contributed by atoms with Crippen LogP contribution in [0.1, 0.15) is 25.8 Å². The van der Waals surface area contributed by atoms with Gasteiger partial charge < -0.3 is 15.4 Å². The molecule has 1 aromatic carbocycles. The highest BCUT2D eigenvalue weighted by Crippen LogP contribution is 2.13. The molecule has 2 N–H and O–H groups in total. The average Bonchev–Trinajstić information content (AvgIpc) is 2.90. The molecule has 1 atom stereocenters. The van der Waals surface area contributed by atoms with Gasteiger partial charge in [-0.3, -0.25) is 4.79 Å². The van der Waals surface area contributed by atoms with Crippen molar-refractivity contribution in [2.75, 3.05) is 19.7 Å². The molecule has 0 saturated carbocycles. The zero-order valence-electron chi connectivity index (χ0n) is 12.3. The van der Waals surface area contributed by atoms with Gasteiger partial charge in [-0.05, 0) is 36.6 Å². The maximum atomic E-state index is 11.9. The van der Waals surface area contributed by atoms with Crippen molar-refractivity contribution >= 4 is 5.91 Å². The van der Waals surface area contributed by atoms with E-state index in [0.717, 1.165) is 30.8 Å². The first-order valence-corrected chi connectivity index (χ1v) is 7.35. The first-order chi connectivity index (χ1) is 9.63. The lowest BCUT2D eigenvalue weighted by atomic mass is 10.1. The number of carbonyl (C=O) groups excluding carboxylic acids is 1. The van der Waals surface area contributed by atoms with Crippen molar-refractivity contribution in [1.29, 1.82) is 0 Å². The average molecular weight is 276 g/mol. The molecule has 20 heavy (non-hydrogen) atoms. The SMILES string of the molecule is CC(C)COc1ccc(CC(=O)NC2CCNC2)cc1. The van der Waals surface area contributed by atoms with Gasteiger partial charge in [0, 0.05) is 12.6 Å². The molecular weight excluding hydrogens is 252 g/mol. The minimum atomic E-state index is 0.0922.